The van der Waals surface area contributed by atoms with Crippen molar-refractivity contribution < 1.29 is 0 Å². The molecule has 0 saturated heterocycles. The van der Waals surface area contributed by atoms with Crippen molar-refractivity contribution in [3.05, 3.63) is 47.3 Å². The average molecular weight is 270 g/mol. The van der Waals surface area contributed by atoms with Crippen molar-refractivity contribution in [2.75, 3.05) is 19.6 Å². The first-order valence-corrected chi connectivity index (χ1v) is 7.30. The highest BCUT2D eigenvalue weighted by Gasteiger charge is 2.28. The second-order valence-electron chi connectivity index (χ2n) is 6.28. The van der Waals surface area contributed by atoms with Crippen molar-refractivity contribution in [2.24, 2.45) is 0 Å². The van der Waals surface area contributed by atoms with Crippen LogP contribution in [-0.4, -0.2) is 39.9 Å². The van der Waals surface area contributed by atoms with Crippen molar-refractivity contribution in [3.8, 4) is 0 Å². The third kappa shape index (κ3) is 2.75. The van der Waals surface area contributed by atoms with Crippen molar-refractivity contribution >= 4 is 0 Å². The monoisotopic (exact) mass is 270 g/mol. The highest BCUT2D eigenvalue weighted by Crippen LogP contribution is 2.30. The van der Waals surface area contributed by atoms with Gasteiger partial charge in [-0.25, -0.2) is 0 Å². The van der Waals surface area contributed by atoms with Gasteiger partial charge in [0.15, 0.2) is 0 Å². The molecule has 1 aromatic heterocycles. The Morgan fingerprint density at radius 3 is 2.95 bits per heavy atom. The van der Waals surface area contributed by atoms with Gasteiger partial charge in [-0.15, -0.1) is 0 Å². The van der Waals surface area contributed by atoms with Gasteiger partial charge in [0.2, 0.25) is 0 Å². The van der Waals surface area contributed by atoms with Gasteiger partial charge in [-0.2, -0.15) is 15.4 Å². The molecule has 1 aliphatic heterocycles. The fourth-order valence-electron chi connectivity index (χ4n) is 3.21. The predicted octanol–water partition coefficient (Wildman–Crippen LogP) is 2.18. The van der Waals surface area contributed by atoms with Crippen molar-refractivity contribution in [1.82, 2.24) is 20.3 Å². The summed E-state index contributed by atoms with van der Waals surface area (Å²) in [5.41, 5.74) is 4.26. The number of fused-ring (bicyclic) bond motifs is 1. The summed E-state index contributed by atoms with van der Waals surface area (Å²) >= 11 is 0. The molecule has 2 heterocycles. The number of benzene rings is 1. The lowest BCUT2D eigenvalue weighted by Crippen LogP contribution is -2.37. The van der Waals surface area contributed by atoms with Crippen LogP contribution in [0.3, 0.4) is 0 Å². The Balaban J connectivity index is 1.72. The summed E-state index contributed by atoms with van der Waals surface area (Å²) in [6.45, 7) is 7.96. The highest BCUT2D eigenvalue weighted by molar-refractivity contribution is 5.35. The van der Waals surface area contributed by atoms with Crippen LogP contribution in [0.1, 0.15) is 30.7 Å². The van der Waals surface area contributed by atoms with Crippen molar-refractivity contribution in [3.63, 3.8) is 0 Å². The molecule has 0 fully saturated rings. The smallest absolute Gasteiger partial charge is 0.0837 e. The van der Waals surface area contributed by atoms with Crippen LogP contribution in [0, 0.1) is 0 Å². The molecule has 0 bridgehead atoms. The van der Waals surface area contributed by atoms with E-state index in [-0.39, 0.29) is 5.41 Å². The Morgan fingerprint density at radius 1 is 1.30 bits per heavy atom. The minimum absolute atomic E-state index is 0.205. The van der Waals surface area contributed by atoms with Gasteiger partial charge in [0.1, 0.15) is 0 Å². The van der Waals surface area contributed by atoms with Crippen LogP contribution in [0.25, 0.3) is 0 Å². The van der Waals surface area contributed by atoms with Gasteiger partial charge in [0.25, 0.3) is 0 Å². The molecule has 0 atom stereocenters. The van der Waals surface area contributed by atoms with Crippen LogP contribution in [-0.2, 0) is 18.3 Å². The Hall–Kier alpha value is -1.68. The lowest BCUT2D eigenvalue weighted by Gasteiger charge is -2.30. The van der Waals surface area contributed by atoms with E-state index in [4.69, 9.17) is 0 Å². The molecule has 0 aliphatic carbocycles. The second kappa shape index (κ2) is 5.37. The summed E-state index contributed by atoms with van der Waals surface area (Å²) in [4.78, 5) is 2.55. The molecule has 4 heteroatoms. The molecule has 0 unspecified atom stereocenters. The number of hydrogen-bond acceptors (Lipinski definition) is 3. The maximum Gasteiger partial charge on any atom is 0.0837 e. The topological polar surface area (TPSA) is 44.8 Å². The van der Waals surface area contributed by atoms with E-state index in [1.54, 1.807) is 0 Å². The van der Waals surface area contributed by atoms with Crippen LogP contribution in [0.5, 0.6) is 0 Å². The highest BCUT2D eigenvalue weighted by atomic mass is 15.3. The largest absolute Gasteiger partial charge is 0.302 e. The molecule has 1 aliphatic rings. The van der Waals surface area contributed by atoms with Crippen LogP contribution in [0.15, 0.2) is 30.5 Å². The van der Waals surface area contributed by atoms with E-state index in [1.807, 2.05) is 6.20 Å². The van der Waals surface area contributed by atoms with E-state index < -0.39 is 0 Å². The third-order valence-corrected chi connectivity index (χ3v) is 4.21. The Bertz CT molecular complexity index is 558. The van der Waals surface area contributed by atoms with E-state index in [9.17, 15) is 0 Å². The quantitative estimate of drug-likeness (QED) is 0.930. The van der Waals surface area contributed by atoms with Gasteiger partial charge < -0.3 is 4.90 Å². The van der Waals surface area contributed by atoms with Crippen molar-refractivity contribution in [2.45, 2.75) is 32.1 Å². The molecule has 1 N–H and O–H groups in total. The molecule has 4 nitrogen and oxygen atoms in total. The number of nitrogens with zero attached hydrogens (tertiary/aromatic N) is 3. The molecule has 0 saturated carbocycles. The van der Waals surface area contributed by atoms with Crippen LogP contribution < -0.4 is 0 Å². The predicted molar refractivity (Wildman–Crippen MR) is 79.7 cm³/mol. The van der Waals surface area contributed by atoms with Crippen LogP contribution in [0.2, 0.25) is 0 Å². The SMILES string of the molecule is CC1(C)CN(CCc2cn[nH]n2)CCc2ccccc21. The molecule has 106 valence electrons. The molecule has 3 rings (SSSR count). The minimum Gasteiger partial charge on any atom is -0.302 e. The third-order valence-electron chi connectivity index (χ3n) is 4.21. The molecular weight excluding hydrogens is 248 g/mol. The molecule has 0 radical (unpaired) electrons. The number of aromatic amines is 1. The van der Waals surface area contributed by atoms with Crippen molar-refractivity contribution in [1.29, 1.82) is 0 Å². The summed E-state index contributed by atoms with van der Waals surface area (Å²) in [6.07, 6.45) is 3.92. The first kappa shape index (κ1) is 13.3. The lowest BCUT2D eigenvalue weighted by molar-refractivity contribution is 0.238. The zero-order valence-electron chi connectivity index (χ0n) is 12.3. The standard InChI is InChI=1S/C16H22N4/c1-16(2)12-20(10-8-14-11-17-19-18-14)9-7-13-5-3-4-6-15(13)16/h3-6,11H,7-10,12H2,1-2H3,(H,17,18,19). The summed E-state index contributed by atoms with van der Waals surface area (Å²) in [6, 6.07) is 8.88. The molecule has 20 heavy (non-hydrogen) atoms. The number of H-pyrrole nitrogens is 1. The summed E-state index contributed by atoms with van der Waals surface area (Å²) in [5, 5.41) is 10.7. The zero-order valence-corrected chi connectivity index (χ0v) is 12.3. The zero-order chi connectivity index (χ0) is 14.0. The molecule has 0 spiro atoms. The fraction of sp³-hybridized carbons (Fsp3) is 0.500. The van der Waals surface area contributed by atoms with Gasteiger partial charge in [-0.1, -0.05) is 38.1 Å². The average Bonchev–Trinajstić information content (AvgIpc) is 2.91. The number of nitrogens with one attached hydrogen (secondary N) is 1. The van der Waals surface area contributed by atoms with E-state index in [1.165, 1.54) is 11.1 Å². The van der Waals surface area contributed by atoms with E-state index in [0.717, 1.165) is 38.2 Å². The molecule has 1 aromatic carbocycles. The maximum atomic E-state index is 4.14. The number of hydrogen-bond donors (Lipinski definition) is 1. The summed E-state index contributed by atoms with van der Waals surface area (Å²) < 4.78 is 0. The fourth-order valence-corrected chi connectivity index (χ4v) is 3.21. The van der Waals surface area contributed by atoms with Crippen LogP contribution in [0.4, 0.5) is 0 Å². The normalized spacial score (nSPS) is 18.5. The second-order valence-corrected chi connectivity index (χ2v) is 6.28. The Kier molecular flexibility index (Phi) is 3.57. The first-order valence-electron chi connectivity index (χ1n) is 7.30. The lowest BCUT2D eigenvalue weighted by atomic mass is 9.82. The summed E-state index contributed by atoms with van der Waals surface area (Å²) in [7, 11) is 0. The van der Waals surface area contributed by atoms with Gasteiger partial charge >= 0.3 is 0 Å². The Labute approximate surface area is 120 Å². The molecular formula is C16H22N4. The van der Waals surface area contributed by atoms with E-state index in [2.05, 4.69) is 58.4 Å². The maximum absolute atomic E-state index is 4.14. The minimum atomic E-state index is 0.205. The van der Waals surface area contributed by atoms with Gasteiger partial charge in [0, 0.05) is 31.5 Å². The first-order chi connectivity index (χ1) is 9.65. The Morgan fingerprint density at radius 2 is 2.15 bits per heavy atom. The van der Waals surface area contributed by atoms with E-state index >= 15 is 0 Å². The van der Waals surface area contributed by atoms with Gasteiger partial charge in [-0.3, -0.25) is 0 Å². The summed E-state index contributed by atoms with van der Waals surface area (Å²) in [5.74, 6) is 0. The molecule has 0 amide bonds. The van der Waals surface area contributed by atoms with E-state index in [0.29, 0.717) is 0 Å². The van der Waals surface area contributed by atoms with Gasteiger partial charge in [-0.05, 0) is 17.5 Å². The molecule has 2 aromatic rings. The number of aromatic nitrogens is 3. The number of rotatable bonds is 3. The van der Waals surface area contributed by atoms with Crippen LogP contribution >= 0.6 is 0 Å². The van der Waals surface area contributed by atoms with Gasteiger partial charge in [0.05, 0.1) is 11.9 Å².